The highest BCUT2D eigenvalue weighted by Crippen LogP contribution is 2.30. The summed E-state index contributed by atoms with van der Waals surface area (Å²) in [5.74, 6) is -1.05. The van der Waals surface area contributed by atoms with E-state index in [4.69, 9.17) is 9.47 Å². The number of ether oxygens (including phenoxy) is 2. The fourth-order valence-corrected chi connectivity index (χ4v) is 3.07. The molecule has 8 heteroatoms. The van der Waals surface area contributed by atoms with E-state index in [2.05, 4.69) is 5.32 Å². The standard InChI is InChI=1S/C22H22N2O6/c1-14(22(28)16-7-9-17(10-8-16)23-15(2)25)30-21(27)13-24-18-5-3-4-6-19(18)29-12-11-20(24)26/h3-10,14H,11-13H2,1-2H3,(H,23,25)/t14-/m1/s1. The number of hydrogen-bond donors (Lipinski definition) is 1. The maximum Gasteiger partial charge on any atom is 0.326 e. The van der Waals surface area contributed by atoms with Crippen molar-refractivity contribution in [3.8, 4) is 5.75 Å². The van der Waals surface area contributed by atoms with Crippen LogP contribution in [0.3, 0.4) is 0 Å². The van der Waals surface area contributed by atoms with Gasteiger partial charge in [-0.2, -0.15) is 0 Å². The molecule has 1 aliphatic heterocycles. The molecule has 2 amide bonds. The molecular formula is C22H22N2O6. The monoisotopic (exact) mass is 410 g/mol. The summed E-state index contributed by atoms with van der Waals surface area (Å²) < 4.78 is 10.8. The zero-order valence-electron chi connectivity index (χ0n) is 16.7. The molecule has 0 radical (unpaired) electrons. The molecule has 0 spiro atoms. The summed E-state index contributed by atoms with van der Waals surface area (Å²) in [5.41, 5.74) is 1.39. The van der Waals surface area contributed by atoms with Crippen molar-refractivity contribution in [3.63, 3.8) is 0 Å². The lowest BCUT2D eigenvalue weighted by Crippen LogP contribution is -2.38. The molecule has 0 aromatic heterocycles. The van der Waals surface area contributed by atoms with Crippen molar-refractivity contribution in [2.45, 2.75) is 26.4 Å². The van der Waals surface area contributed by atoms with Gasteiger partial charge in [0.1, 0.15) is 12.3 Å². The number of nitrogens with zero attached hydrogens (tertiary/aromatic N) is 1. The van der Waals surface area contributed by atoms with Gasteiger partial charge in [-0.25, -0.2) is 0 Å². The van der Waals surface area contributed by atoms with Gasteiger partial charge in [0.25, 0.3) is 0 Å². The van der Waals surface area contributed by atoms with Crippen LogP contribution in [0.25, 0.3) is 0 Å². The van der Waals surface area contributed by atoms with E-state index in [0.29, 0.717) is 22.7 Å². The van der Waals surface area contributed by atoms with E-state index in [1.54, 1.807) is 48.5 Å². The molecule has 1 N–H and O–H groups in total. The second kappa shape index (κ2) is 9.21. The van der Waals surface area contributed by atoms with Crippen LogP contribution in [-0.4, -0.2) is 42.8 Å². The quantitative estimate of drug-likeness (QED) is 0.580. The SMILES string of the molecule is CC(=O)Nc1ccc(C(=O)[C@@H](C)OC(=O)CN2C(=O)CCOc3ccccc32)cc1. The van der Waals surface area contributed by atoms with E-state index >= 15 is 0 Å². The lowest BCUT2D eigenvalue weighted by atomic mass is 10.1. The Morgan fingerprint density at radius 1 is 1.13 bits per heavy atom. The van der Waals surface area contributed by atoms with Gasteiger partial charge in [0.2, 0.25) is 17.6 Å². The van der Waals surface area contributed by atoms with Crippen LogP contribution in [0.4, 0.5) is 11.4 Å². The molecule has 0 unspecified atom stereocenters. The van der Waals surface area contributed by atoms with Crippen LogP contribution < -0.4 is 15.0 Å². The number of amides is 2. The molecule has 0 saturated carbocycles. The number of rotatable bonds is 6. The van der Waals surface area contributed by atoms with Crippen molar-refractivity contribution in [2.24, 2.45) is 0 Å². The second-order valence-electron chi connectivity index (χ2n) is 6.80. The number of hydrogen-bond acceptors (Lipinski definition) is 6. The number of para-hydroxylation sites is 2. The summed E-state index contributed by atoms with van der Waals surface area (Å²) in [6.07, 6.45) is -0.894. The van der Waals surface area contributed by atoms with E-state index in [-0.39, 0.29) is 37.2 Å². The molecule has 156 valence electrons. The van der Waals surface area contributed by atoms with Crippen molar-refractivity contribution < 1.29 is 28.7 Å². The van der Waals surface area contributed by atoms with Gasteiger partial charge >= 0.3 is 5.97 Å². The minimum Gasteiger partial charge on any atom is -0.491 e. The smallest absolute Gasteiger partial charge is 0.326 e. The topological polar surface area (TPSA) is 102 Å². The number of carbonyl (C=O) groups is 4. The summed E-state index contributed by atoms with van der Waals surface area (Å²) in [4.78, 5) is 49.8. The Morgan fingerprint density at radius 3 is 2.53 bits per heavy atom. The Hall–Kier alpha value is -3.68. The zero-order valence-corrected chi connectivity index (χ0v) is 16.7. The van der Waals surface area contributed by atoms with Gasteiger partial charge in [-0.1, -0.05) is 12.1 Å². The highest BCUT2D eigenvalue weighted by Gasteiger charge is 2.27. The molecule has 30 heavy (non-hydrogen) atoms. The Kier molecular flexibility index (Phi) is 6.46. The van der Waals surface area contributed by atoms with Crippen molar-refractivity contribution >= 4 is 34.9 Å². The van der Waals surface area contributed by atoms with E-state index in [0.717, 1.165) is 0 Å². The first-order valence-electron chi connectivity index (χ1n) is 9.48. The molecular weight excluding hydrogens is 388 g/mol. The first kappa shape index (κ1) is 21.0. The van der Waals surface area contributed by atoms with Crippen LogP contribution >= 0.6 is 0 Å². The van der Waals surface area contributed by atoms with Gasteiger partial charge < -0.3 is 14.8 Å². The minimum atomic E-state index is -1.03. The number of Topliss-reactive ketones (excluding diaryl/α,β-unsaturated/α-hetero) is 1. The van der Waals surface area contributed by atoms with Crippen LogP contribution in [0.5, 0.6) is 5.75 Å². The highest BCUT2D eigenvalue weighted by atomic mass is 16.5. The van der Waals surface area contributed by atoms with Crippen LogP contribution in [0.1, 0.15) is 30.6 Å². The first-order chi connectivity index (χ1) is 14.3. The number of carbonyl (C=O) groups excluding carboxylic acids is 4. The first-order valence-corrected chi connectivity index (χ1v) is 9.48. The van der Waals surface area contributed by atoms with Crippen LogP contribution in [0.15, 0.2) is 48.5 Å². The molecule has 0 saturated heterocycles. The average molecular weight is 410 g/mol. The number of anilines is 2. The molecule has 1 heterocycles. The summed E-state index contributed by atoms with van der Waals surface area (Å²) >= 11 is 0. The van der Waals surface area contributed by atoms with Gasteiger partial charge in [0.05, 0.1) is 18.7 Å². The van der Waals surface area contributed by atoms with Crippen molar-refractivity contribution in [2.75, 3.05) is 23.4 Å². The number of fused-ring (bicyclic) bond motifs is 1. The van der Waals surface area contributed by atoms with E-state index in [1.807, 2.05) is 0 Å². The average Bonchev–Trinajstić information content (AvgIpc) is 2.86. The van der Waals surface area contributed by atoms with Gasteiger partial charge in [-0.15, -0.1) is 0 Å². The van der Waals surface area contributed by atoms with E-state index in [1.165, 1.54) is 18.7 Å². The molecule has 2 aromatic rings. The van der Waals surface area contributed by atoms with Gasteiger partial charge in [-0.05, 0) is 43.3 Å². The van der Waals surface area contributed by atoms with Crippen molar-refractivity contribution in [3.05, 3.63) is 54.1 Å². The normalized spacial score (nSPS) is 14.1. The molecule has 2 aromatic carbocycles. The summed E-state index contributed by atoms with van der Waals surface area (Å²) in [7, 11) is 0. The molecule has 3 rings (SSSR count). The Balaban J connectivity index is 1.64. The Bertz CT molecular complexity index is 970. The van der Waals surface area contributed by atoms with Gasteiger partial charge in [0, 0.05) is 18.2 Å². The minimum absolute atomic E-state index is 0.136. The van der Waals surface area contributed by atoms with Crippen molar-refractivity contribution in [1.29, 1.82) is 0 Å². The second-order valence-corrected chi connectivity index (χ2v) is 6.80. The predicted octanol–water partition coefficient (Wildman–Crippen LogP) is 2.58. The van der Waals surface area contributed by atoms with Crippen LogP contribution in [0, 0.1) is 0 Å². The Morgan fingerprint density at radius 2 is 1.83 bits per heavy atom. The third kappa shape index (κ3) is 5.02. The Labute approximate surface area is 173 Å². The third-order valence-electron chi connectivity index (χ3n) is 4.49. The maximum atomic E-state index is 12.6. The molecule has 0 fully saturated rings. The molecule has 0 aliphatic carbocycles. The van der Waals surface area contributed by atoms with Crippen molar-refractivity contribution in [1.82, 2.24) is 0 Å². The number of nitrogens with one attached hydrogen (secondary N) is 1. The lowest BCUT2D eigenvalue weighted by molar-refractivity contribution is -0.145. The molecule has 1 atom stereocenters. The van der Waals surface area contributed by atoms with Crippen LogP contribution in [0.2, 0.25) is 0 Å². The largest absolute Gasteiger partial charge is 0.491 e. The molecule has 0 bridgehead atoms. The van der Waals surface area contributed by atoms with Crippen LogP contribution in [-0.2, 0) is 19.1 Å². The van der Waals surface area contributed by atoms with E-state index < -0.39 is 12.1 Å². The third-order valence-corrected chi connectivity index (χ3v) is 4.49. The summed E-state index contributed by atoms with van der Waals surface area (Å²) in [5, 5.41) is 2.61. The highest BCUT2D eigenvalue weighted by molar-refractivity contribution is 6.02. The lowest BCUT2D eigenvalue weighted by Gasteiger charge is -2.22. The fraction of sp³-hybridized carbons (Fsp3) is 0.273. The number of ketones is 1. The van der Waals surface area contributed by atoms with Gasteiger partial charge in [0.15, 0.2) is 6.10 Å². The van der Waals surface area contributed by atoms with Gasteiger partial charge in [-0.3, -0.25) is 24.1 Å². The van der Waals surface area contributed by atoms with E-state index in [9.17, 15) is 19.2 Å². The number of esters is 1. The zero-order chi connectivity index (χ0) is 21.7. The summed E-state index contributed by atoms with van der Waals surface area (Å²) in [6, 6.07) is 13.2. The fourth-order valence-electron chi connectivity index (χ4n) is 3.07. The molecule has 1 aliphatic rings. The summed E-state index contributed by atoms with van der Waals surface area (Å²) in [6.45, 7) is 2.77. The number of benzene rings is 2. The molecule has 8 nitrogen and oxygen atoms in total. The predicted molar refractivity (Wildman–Crippen MR) is 110 cm³/mol. The maximum absolute atomic E-state index is 12.6.